The second-order valence-electron chi connectivity index (χ2n) is 4.38. The molecule has 0 saturated heterocycles. The summed E-state index contributed by atoms with van der Waals surface area (Å²) in [5.74, 6) is -0.976. The van der Waals surface area contributed by atoms with E-state index in [9.17, 15) is 14.4 Å². The average Bonchev–Trinajstić information content (AvgIpc) is 2.40. The SMILES string of the molecule is O=C(O)CCCC(=O)NCCCCCCNC(=O)NS. The molecule has 0 saturated carbocycles. The first-order valence-electron chi connectivity index (χ1n) is 6.72. The summed E-state index contributed by atoms with van der Waals surface area (Å²) in [6.07, 6.45) is 4.37. The van der Waals surface area contributed by atoms with Crippen molar-refractivity contribution in [3.8, 4) is 0 Å². The number of nitrogens with one attached hydrogen (secondary N) is 3. The van der Waals surface area contributed by atoms with Gasteiger partial charge in [-0.25, -0.2) is 4.79 Å². The second kappa shape index (κ2) is 12.6. The lowest BCUT2D eigenvalue weighted by Gasteiger charge is -2.05. The second-order valence-corrected chi connectivity index (χ2v) is 4.60. The van der Waals surface area contributed by atoms with Gasteiger partial charge in [-0.05, 0) is 19.3 Å². The molecule has 4 N–H and O–H groups in total. The van der Waals surface area contributed by atoms with Crippen molar-refractivity contribution in [1.29, 1.82) is 0 Å². The summed E-state index contributed by atoms with van der Waals surface area (Å²) in [4.78, 5) is 32.3. The van der Waals surface area contributed by atoms with Crippen molar-refractivity contribution in [3.05, 3.63) is 0 Å². The standard InChI is InChI=1S/C12H23N3O4S/c16-10(6-5-7-11(17)18)13-8-3-1-2-4-9-14-12(19)15-20/h20H,1-9H2,(H,13,16)(H,17,18)(H2,14,15,19). The fourth-order valence-electron chi connectivity index (χ4n) is 1.56. The van der Waals surface area contributed by atoms with E-state index < -0.39 is 5.97 Å². The van der Waals surface area contributed by atoms with E-state index in [1.54, 1.807) is 0 Å². The van der Waals surface area contributed by atoms with Gasteiger partial charge in [-0.2, -0.15) is 0 Å². The number of aliphatic carboxylic acids is 1. The monoisotopic (exact) mass is 305 g/mol. The van der Waals surface area contributed by atoms with E-state index in [1.807, 2.05) is 0 Å². The van der Waals surface area contributed by atoms with Crippen LogP contribution in [0.15, 0.2) is 0 Å². The van der Waals surface area contributed by atoms with Gasteiger partial charge in [-0.15, -0.1) is 0 Å². The van der Waals surface area contributed by atoms with Gasteiger partial charge in [0.2, 0.25) is 5.91 Å². The van der Waals surface area contributed by atoms with Crippen LogP contribution < -0.4 is 15.4 Å². The Hall–Kier alpha value is -1.44. The maximum absolute atomic E-state index is 11.3. The van der Waals surface area contributed by atoms with Crippen LogP contribution in [0.5, 0.6) is 0 Å². The molecular weight excluding hydrogens is 282 g/mol. The minimum Gasteiger partial charge on any atom is -0.481 e. The smallest absolute Gasteiger partial charge is 0.324 e. The number of hydrogen-bond acceptors (Lipinski definition) is 4. The Kier molecular flexibility index (Phi) is 11.7. The molecule has 0 aromatic carbocycles. The Bertz CT molecular complexity index is 313. The van der Waals surface area contributed by atoms with Crippen molar-refractivity contribution in [3.63, 3.8) is 0 Å². The van der Waals surface area contributed by atoms with E-state index in [0.29, 0.717) is 19.5 Å². The molecule has 0 aromatic rings. The molecule has 0 spiro atoms. The number of rotatable bonds is 11. The Balaban J connectivity index is 3.25. The van der Waals surface area contributed by atoms with Gasteiger partial charge < -0.3 is 15.7 Å². The normalized spacial score (nSPS) is 9.85. The lowest BCUT2D eigenvalue weighted by atomic mass is 10.2. The molecule has 0 aromatic heterocycles. The molecule has 0 radical (unpaired) electrons. The molecule has 0 bridgehead atoms. The van der Waals surface area contributed by atoms with Crippen LogP contribution in [0.3, 0.4) is 0 Å². The maximum Gasteiger partial charge on any atom is 0.324 e. The minimum absolute atomic E-state index is 0.0281. The minimum atomic E-state index is -0.877. The zero-order chi connectivity index (χ0) is 15.2. The third kappa shape index (κ3) is 13.0. The highest BCUT2D eigenvalue weighted by molar-refractivity contribution is 7.78. The first kappa shape index (κ1) is 18.6. The highest BCUT2D eigenvalue weighted by Crippen LogP contribution is 1.99. The van der Waals surface area contributed by atoms with Crippen molar-refractivity contribution in [2.75, 3.05) is 13.1 Å². The molecule has 0 aliphatic rings. The predicted molar refractivity (Wildman–Crippen MR) is 78.5 cm³/mol. The lowest BCUT2D eigenvalue weighted by molar-refractivity contribution is -0.137. The van der Waals surface area contributed by atoms with Crippen LogP contribution in [0.4, 0.5) is 4.79 Å². The molecule has 0 fully saturated rings. The number of carbonyl (C=O) groups excluding carboxylic acids is 2. The van der Waals surface area contributed by atoms with Crippen LogP contribution in [-0.2, 0) is 9.59 Å². The number of amides is 3. The van der Waals surface area contributed by atoms with Crippen LogP contribution >= 0.6 is 12.8 Å². The third-order valence-corrected chi connectivity index (χ3v) is 2.81. The molecule has 0 heterocycles. The molecule has 0 aliphatic carbocycles. The number of carboxylic acid groups (broad SMARTS) is 1. The summed E-state index contributed by atoms with van der Waals surface area (Å²) in [5.41, 5.74) is 0. The molecule has 7 nitrogen and oxygen atoms in total. The molecule has 116 valence electrons. The van der Waals surface area contributed by atoms with Crippen LogP contribution in [0.25, 0.3) is 0 Å². The van der Waals surface area contributed by atoms with E-state index in [-0.39, 0.29) is 24.8 Å². The van der Waals surface area contributed by atoms with Crippen molar-refractivity contribution in [1.82, 2.24) is 15.4 Å². The molecule has 20 heavy (non-hydrogen) atoms. The predicted octanol–water partition coefficient (Wildman–Crippen LogP) is 1.06. The number of carboxylic acids is 1. The lowest BCUT2D eigenvalue weighted by Crippen LogP contribution is -2.30. The number of hydrogen-bond donors (Lipinski definition) is 5. The van der Waals surface area contributed by atoms with Gasteiger partial charge >= 0.3 is 12.0 Å². The van der Waals surface area contributed by atoms with Crippen molar-refractivity contribution in [2.45, 2.75) is 44.9 Å². The quantitative estimate of drug-likeness (QED) is 0.290. The first-order valence-corrected chi connectivity index (χ1v) is 7.17. The summed E-state index contributed by atoms with van der Waals surface area (Å²) < 4.78 is 2.17. The Morgan fingerprint density at radius 1 is 0.850 bits per heavy atom. The van der Waals surface area contributed by atoms with Crippen molar-refractivity contribution in [2.24, 2.45) is 0 Å². The zero-order valence-corrected chi connectivity index (χ0v) is 12.4. The van der Waals surface area contributed by atoms with Gasteiger partial charge in [0.15, 0.2) is 0 Å². The van der Waals surface area contributed by atoms with E-state index in [2.05, 4.69) is 28.2 Å². The Morgan fingerprint density at radius 2 is 1.45 bits per heavy atom. The summed E-state index contributed by atoms with van der Waals surface area (Å²) in [6, 6.07) is -0.304. The molecule has 0 rings (SSSR count). The fourth-order valence-corrected chi connectivity index (χ4v) is 1.64. The fraction of sp³-hybridized carbons (Fsp3) is 0.750. The van der Waals surface area contributed by atoms with Gasteiger partial charge in [0.25, 0.3) is 0 Å². The highest BCUT2D eigenvalue weighted by atomic mass is 32.1. The van der Waals surface area contributed by atoms with Crippen LogP contribution in [0.1, 0.15) is 44.9 Å². The largest absolute Gasteiger partial charge is 0.481 e. The van der Waals surface area contributed by atoms with Crippen LogP contribution in [0.2, 0.25) is 0 Å². The van der Waals surface area contributed by atoms with Gasteiger partial charge in [-0.3, -0.25) is 14.3 Å². The molecule has 0 unspecified atom stereocenters. The van der Waals surface area contributed by atoms with E-state index in [4.69, 9.17) is 5.11 Å². The number of unbranched alkanes of at least 4 members (excludes halogenated alkanes) is 3. The summed E-state index contributed by atoms with van der Waals surface area (Å²) in [7, 11) is 0. The maximum atomic E-state index is 11.3. The van der Waals surface area contributed by atoms with E-state index in [0.717, 1.165) is 25.7 Å². The topological polar surface area (TPSA) is 108 Å². The summed E-state index contributed by atoms with van der Waals surface area (Å²) >= 11 is 3.61. The average molecular weight is 305 g/mol. The molecule has 3 amide bonds. The van der Waals surface area contributed by atoms with Gasteiger partial charge in [0.1, 0.15) is 0 Å². The van der Waals surface area contributed by atoms with Crippen LogP contribution in [0, 0.1) is 0 Å². The van der Waals surface area contributed by atoms with Gasteiger partial charge in [0.05, 0.1) is 0 Å². The van der Waals surface area contributed by atoms with Gasteiger partial charge in [0, 0.05) is 25.9 Å². The van der Waals surface area contributed by atoms with Crippen molar-refractivity contribution >= 4 is 30.7 Å². The molecular formula is C12H23N3O4S. The number of thiol groups is 1. The zero-order valence-electron chi connectivity index (χ0n) is 11.5. The Labute approximate surface area is 124 Å². The molecule has 8 heteroatoms. The van der Waals surface area contributed by atoms with Gasteiger partial charge in [-0.1, -0.05) is 25.7 Å². The first-order chi connectivity index (χ1) is 9.56. The summed E-state index contributed by atoms with van der Waals surface area (Å²) in [6.45, 7) is 1.21. The highest BCUT2D eigenvalue weighted by Gasteiger charge is 2.03. The number of urea groups is 1. The summed E-state index contributed by atoms with van der Waals surface area (Å²) in [5, 5.41) is 13.8. The third-order valence-electron chi connectivity index (χ3n) is 2.61. The molecule has 0 aliphatic heterocycles. The van der Waals surface area contributed by atoms with Crippen LogP contribution in [-0.4, -0.2) is 36.1 Å². The number of carbonyl (C=O) groups is 3. The van der Waals surface area contributed by atoms with E-state index >= 15 is 0 Å². The van der Waals surface area contributed by atoms with E-state index in [1.165, 1.54) is 0 Å². The Morgan fingerprint density at radius 3 is 2.00 bits per heavy atom. The molecule has 0 atom stereocenters. The van der Waals surface area contributed by atoms with Crippen molar-refractivity contribution < 1.29 is 19.5 Å².